The van der Waals surface area contributed by atoms with Crippen LogP contribution in [0.15, 0.2) is 36.1 Å². The molecule has 1 aliphatic heterocycles. The molecule has 1 aliphatic carbocycles. The predicted molar refractivity (Wildman–Crippen MR) is 66.0 cm³/mol. The van der Waals surface area contributed by atoms with E-state index in [0.717, 1.165) is 30.6 Å². The maximum absolute atomic E-state index is 11.7. The third-order valence-electron chi connectivity index (χ3n) is 3.76. The number of rotatable bonds is 1. The Bertz CT molecular complexity index is 447. The molecule has 0 amide bonds. The quantitative estimate of drug-likeness (QED) is 0.689. The topological polar surface area (TPSA) is 26.3 Å². The lowest BCUT2D eigenvalue weighted by Gasteiger charge is -2.20. The Balaban J connectivity index is 1.89. The SMILES string of the molecule is O=C1OC(=Cc2ccccc2)C2CCCCC12. The number of hydrogen-bond acceptors (Lipinski definition) is 2. The van der Waals surface area contributed by atoms with E-state index in [1.54, 1.807) is 0 Å². The van der Waals surface area contributed by atoms with Gasteiger partial charge in [-0.2, -0.15) is 0 Å². The highest BCUT2D eigenvalue weighted by atomic mass is 16.5. The summed E-state index contributed by atoms with van der Waals surface area (Å²) < 4.78 is 5.43. The fraction of sp³-hybridized carbons (Fsp3) is 0.400. The Morgan fingerprint density at radius 1 is 1.06 bits per heavy atom. The molecule has 2 nitrogen and oxygen atoms in total. The number of carbonyl (C=O) groups is 1. The van der Waals surface area contributed by atoms with Crippen LogP contribution in [-0.4, -0.2) is 5.97 Å². The predicted octanol–water partition coefficient (Wildman–Crippen LogP) is 3.39. The molecule has 88 valence electrons. The first-order chi connectivity index (χ1) is 8.34. The average molecular weight is 228 g/mol. The van der Waals surface area contributed by atoms with E-state index in [2.05, 4.69) is 0 Å². The standard InChI is InChI=1S/C15H16O2/c16-15-13-9-5-4-8-12(13)14(17-15)10-11-6-2-1-3-7-11/h1-3,6-7,10,12-13H,4-5,8-9H2. The highest BCUT2D eigenvalue weighted by Crippen LogP contribution is 2.42. The van der Waals surface area contributed by atoms with Gasteiger partial charge in [0.1, 0.15) is 5.76 Å². The monoisotopic (exact) mass is 228 g/mol. The summed E-state index contributed by atoms with van der Waals surface area (Å²) in [6.07, 6.45) is 6.48. The van der Waals surface area contributed by atoms with Crippen molar-refractivity contribution in [2.24, 2.45) is 11.8 Å². The minimum Gasteiger partial charge on any atom is -0.430 e. The Morgan fingerprint density at radius 2 is 1.76 bits per heavy atom. The second kappa shape index (κ2) is 4.36. The van der Waals surface area contributed by atoms with Gasteiger partial charge in [-0.3, -0.25) is 4.79 Å². The molecule has 1 saturated heterocycles. The van der Waals surface area contributed by atoms with Gasteiger partial charge in [0.2, 0.25) is 0 Å². The number of carbonyl (C=O) groups excluding carboxylic acids is 1. The first-order valence-electron chi connectivity index (χ1n) is 6.33. The molecule has 0 aromatic heterocycles. The summed E-state index contributed by atoms with van der Waals surface area (Å²) in [6, 6.07) is 10.1. The third kappa shape index (κ3) is 1.99. The summed E-state index contributed by atoms with van der Waals surface area (Å²) in [5.74, 6) is 1.32. The smallest absolute Gasteiger partial charge is 0.314 e. The van der Waals surface area contributed by atoms with Crippen molar-refractivity contribution in [1.29, 1.82) is 0 Å². The van der Waals surface area contributed by atoms with Crippen LogP contribution in [0.4, 0.5) is 0 Å². The lowest BCUT2D eigenvalue weighted by Crippen LogP contribution is -2.19. The summed E-state index contributed by atoms with van der Waals surface area (Å²) in [6.45, 7) is 0. The van der Waals surface area contributed by atoms with Crippen LogP contribution in [0.3, 0.4) is 0 Å². The molecular weight excluding hydrogens is 212 g/mol. The first-order valence-corrected chi connectivity index (χ1v) is 6.33. The molecule has 2 unspecified atom stereocenters. The van der Waals surface area contributed by atoms with Crippen molar-refractivity contribution in [3.63, 3.8) is 0 Å². The van der Waals surface area contributed by atoms with Gasteiger partial charge in [0, 0.05) is 5.92 Å². The number of ether oxygens (including phenoxy) is 1. The lowest BCUT2D eigenvalue weighted by atomic mass is 9.80. The summed E-state index contributed by atoms with van der Waals surface area (Å²) in [4.78, 5) is 11.7. The normalized spacial score (nSPS) is 30.1. The van der Waals surface area contributed by atoms with Crippen LogP contribution in [0.2, 0.25) is 0 Å². The van der Waals surface area contributed by atoms with Gasteiger partial charge >= 0.3 is 5.97 Å². The van der Waals surface area contributed by atoms with Crippen molar-refractivity contribution in [3.8, 4) is 0 Å². The number of hydrogen-bond donors (Lipinski definition) is 0. The molecule has 0 radical (unpaired) electrons. The van der Waals surface area contributed by atoms with Crippen LogP contribution in [0.25, 0.3) is 6.08 Å². The molecule has 0 N–H and O–H groups in total. The zero-order chi connectivity index (χ0) is 11.7. The van der Waals surface area contributed by atoms with E-state index >= 15 is 0 Å². The van der Waals surface area contributed by atoms with Gasteiger partial charge in [0.15, 0.2) is 0 Å². The minimum atomic E-state index is -0.0168. The molecule has 17 heavy (non-hydrogen) atoms. The van der Waals surface area contributed by atoms with E-state index in [0.29, 0.717) is 5.92 Å². The molecule has 1 aromatic rings. The molecule has 1 heterocycles. The molecule has 2 aliphatic rings. The first kappa shape index (κ1) is 10.6. The maximum Gasteiger partial charge on any atom is 0.314 e. The molecule has 2 fully saturated rings. The van der Waals surface area contributed by atoms with Crippen molar-refractivity contribution in [2.45, 2.75) is 25.7 Å². The summed E-state index contributed by atoms with van der Waals surface area (Å²) in [5, 5.41) is 0. The Morgan fingerprint density at radius 3 is 2.53 bits per heavy atom. The van der Waals surface area contributed by atoms with Crippen LogP contribution >= 0.6 is 0 Å². The minimum absolute atomic E-state index is 0.0168. The average Bonchev–Trinajstić information content (AvgIpc) is 2.69. The van der Waals surface area contributed by atoms with Crippen molar-refractivity contribution >= 4 is 12.0 Å². The molecule has 0 spiro atoms. The summed E-state index contributed by atoms with van der Waals surface area (Å²) in [5.41, 5.74) is 1.11. The zero-order valence-corrected chi connectivity index (χ0v) is 9.76. The summed E-state index contributed by atoms with van der Waals surface area (Å²) in [7, 11) is 0. The molecule has 2 heteroatoms. The molecule has 2 atom stereocenters. The summed E-state index contributed by atoms with van der Waals surface area (Å²) >= 11 is 0. The van der Waals surface area contributed by atoms with E-state index in [1.807, 2.05) is 36.4 Å². The zero-order valence-electron chi connectivity index (χ0n) is 9.76. The van der Waals surface area contributed by atoms with Crippen LogP contribution in [0.1, 0.15) is 31.2 Å². The maximum atomic E-state index is 11.7. The largest absolute Gasteiger partial charge is 0.430 e. The Labute approximate surface area is 101 Å². The third-order valence-corrected chi connectivity index (χ3v) is 3.76. The van der Waals surface area contributed by atoms with Crippen LogP contribution in [0.5, 0.6) is 0 Å². The number of benzene rings is 1. The number of allylic oxidation sites excluding steroid dienone is 1. The van der Waals surface area contributed by atoms with Gasteiger partial charge in [0.05, 0.1) is 5.92 Å². The van der Waals surface area contributed by atoms with Gasteiger partial charge < -0.3 is 4.74 Å². The van der Waals surface area contributed by atoms with Gasteiger partial charge in [-0.15, -0.1) is 0 Å². The van der Waals surface area contributed by atoms with Crippen molar-refractivity contribution in [1.82, 2.24) is 0 Å². The van der Waals surface area contributed by atoms with E-state index in [-0.39, 0.29) is 11.9 Å². The van der Waals surface area contributed by atoms with Crippen molar-refractivity contribution in [3.05, 3.63) is 41.7 Å². The fourth-order valence-corrected chi connectivity index (χ4v) is 2.87. The van der Waals surface area contributed by atoms with Crippen LogP contribution in [0, 0.1) is 11.8 Å². The Hall–Kier alpha value is -1.57. The van der Waals surface area contributed by atoms with Crippen molar-refractivity contribution < 1.29 is 9.53 Å². The van der Waals surface area contributed by atoms with E-state index in [4.69, 9.17) is 4.74 Å². The highest BCUT2D eigenvalue weighted by molar-refractivity contribution is 5.79. The van der Waals surface area contributed by atoms with Gasteiger partial charge in [0.25, 0.3) is 0 Å². The van der Waals surface area contributed by atoms with E-state index in [1.165, 1.54) is 6.42 Å². The van der Waals surface area contributed by atoms with Gasteiger partial charge in [-0.1, -0.05) is 43.2 Å². The number of esters is 1. The molecule has 3 rings (SSSR count). The highest BCUT2D eigenvalue weighted by Gasteiger charge is 2.42. The lowest BCUT2D eigenvalue weighted by molar-refractivity contribution is -0.139. The number of cyclic esters (lactones) is 1. The Kier molecular flexibility index (Phi) is 2.71. The molecule has 1 aromatic carbocycles. The van der Waals surface area contributed by atoms with Crippen LogP contribution < -0.4 is 0 Å². The second-order valence-electron chi connectivity index (χ2n) is 4.88. The number of fused-ring (bicyclic) bond motifs is 1. The van der Waals surface area contributed by atoms with E-state index < -0.39 is 0 Å². The fourth-order valence-electron chi connectivity index (χ4n) is 2.87. The van der Waals surface area contributed by atoms with E-state index in [9.17, 15) is 4.79 Å². The van der Waals surface area contributed by atoms with Gasteiger partial charge in [-0.05, 0) is 24.5 Å². The molecule has 1 saturated carbocycles. The second-order valence-corrected chi connectivity index (χ2v) is 4.88. The molecular formula is C15H16O2. The van der Waals surface area contributed by atoms with Crippen molar-refractivity contribution in [2.75, 3.05) is 0 Å². The van der Waals surface area contributed by atoms with Crippen LogP contribution in [-0.2, 0) is 9.53 Å². The van der Waals surface area contributed by atoms with Gasteiger partial charge in [-0.25, -0.2) is 0 Å². The molecule has 0 bridgehead atoms.